The summed E-state index contributed by atoms with van der Waals surface area (Å²) >= 11 is 3.64. The molecule has 64 heavy (non-hydrogen) atoms. The number of amides is 2. The first-order valence-corrected chi connectivity index (χ1v) is 22.3. The van der Waals surface area contributed by atoms with E-state index < -0.39 is 66.7 Å². The smallest absolute Gasteiger partial charge is 0.416 e. The van der Waals surface area contributed by atoms with Crippen LogP contribution in [0.5, 0.6) is 0 Å². The number of hydrogen-bond donors (Lipinski definition) is 1. The lowest BCUT2D eigenvalue weighted by Gasteiger charge is -2.45. The summed E-state index contributed by atoms with van der Waals surface area (Å²) in [7, 11) is 1.52. The Balaban J connectivity index is 1.09. The summed E-state index contributed by atoms with van der Waals surface area (Å²) in [6, 6.07) is 39.5. The molecule has 7 rings (SSSR count). The van der Waals surface area contributed by atoms with Crippen LogP contribution in [0.25, 0.3) is 0 Å². The highest BCUT2D eigenvalue weighted by Crippen LogP contribution is 2.37. The number of nitrogens with zero attached hydrogens (tertiary/aromatic N) is 1. The van der Waals surface area contributed by atoms with Gasteiger partial charge in [-0.25, -0.2) is 9.69 Å². The van der Waals surface area contributed by atoms with Crippen LogP contribution in [0.1, 0.15) is 53.2 Å². The highest BCUT2D eigenvalue weighted by Gasteiger charge is 2.49. The third kappa shape index (κ3) is 12.1. The molecule has 0 aliphatic carbocycles. The maximum atomic E-state index is 14.7. The van der Waals surface area contributed by atoms with E-state index in [0.29, 0.717) is 29.5 Å². The molecule has 338 valence electrons. The van der Waals surface area contributed by atoms with Gasteiger partial charge in [-0.2, -0.15) is 0 Å². The highest BCUT2D eigenvalue weighted by atomic mass is 79.9. The van der Waals surface area contributed by atoms with Gasteiger partial charge in [0.2, 0.25) is 5.91 Å². The fraction of sp³-hybridized carbons (Fsp3) is 0.380. The van der Waals surface area contributed by atoms with Gasteiger partial charge < -0.3 is 42.7 Å². The topological polar surface area (TPSA) is 152 Å². The number of halogens is 1. The van der Waals surface area contributed by atoms with Gasteiger partial charge in [0.25, 0.3) is 0 Å². The molecular weight excluding hydrogens is 886 g/mol. The summed E-state index contributed by atoms with van der Waals surface area (Å²) in [4.78, 5) is 41.9. The predicted molar refractivity (Wildman–Crippen MR) is 238 cm³/mol. The summed E-state index contributed by atoms with van der Waals surface area (Å²) in [5, 5.41) is 10.4. The summed E-state index contributed by atoms with van der Waals surface area (Å²) in [5.41, 5.74) is 3.65. The van der Waals surface area contributed by atoms with Gasteiger partial charge in [0.05, 0.1) is 36.3 Å². The second kappa shape index (κ2) is 23.1. The Labute approximate surface area is 381 Å². The van der Waals surface area contributed by atoms with Gasteiger partial charge in [-0.1, -0.05) is 121 Å². The Morgan fingerprint density at radius 2 is 1.38 bits per heavy atom. The Bertz CT molecular complexity index is 2230. The molecule has 4 aromatic carbocycles. The molecule has 2 fully saturated rings. The predicted octanol–water partition coefficient (Wildman–Crippen LogP) is 7.95. The molecule has 5 aromatic rings. The molecule has 1 N–H and O–H groups in total. The normalized spacial score (nSPS) is 21.9. The van der Waals surface area contributed by atoms with E-state index >= 15 is 0 Å². The largest absolute Gasteiger partial charge is 0.461 e. The second-order valence-electron chi connectivity index (χ2n) is 15.8. The number of imide groups is 1. The number of aryl methyl sites for hydroxylation is 1. The van der Waals surface area contributed by atoms with E-state index in [1.807, 2.05) is 121 Å². The number of rotatable bonds is 21. The quantitative estimate of drug-likeness (QED) is 0.0562. The van der Waals surface area contributed by atoms with E-state index in [1.165, 1.54) is 14.0 Å². The minimum Gasteiger partial charge on any atom is -0.461 e. The Morgan fingerprint density at radius 3 is 1.95 bits per heavy atom. The lowest BCUT2D eigenvalue weighted by molar-refractivity contribution is -0.319. The van der Waals surface area contributed by atoms with E-state index in [4.69, 9.17) is 37.6 Å². The van der Waals surface area contributed by atoms with Crippen molar-refractivity contribution in [1.82, 2.24) is 4.90 Å². The van der Waals surface area contributed by atoms with Crippen molar-refractivity contribution in [2.45, 2.75) is 88.7 Å². The van der Waals surface area contributed by atoms with Gasteiger partial charge in [-0.05, 0) is 63.5 Å². The number of aliphatic hydroxyl groups is 1. The molecule has 8 atom stereocenters. The average molecular weight is 941 g/mol. The van der Waals surface area contributed by atoms with Crippen molar-refractivity contribution in [3.63, 3.8) is 0 Å². The van der Waals surface area contributed by atoms with Crippen molar-refractivity contribution in [2.75, 3.05) is 26.9 Å². The number of furan rings is 1. The van der Waals surface area contributed by atoms with Crippen molar-refractivity contribution in [3.05, 3.63) is 166 Å². The lowest BCUT2D eigenvalue weighted by Crippen LogP contribution is -2.61. The third-order valence-electron chi connectivity index (χ3n) is 11.3. The molecule has 2 aliphatic heterocycles. The third-order valence-corrected chi connectivity index (χ3v) is 11.9. The lowest BCUT2D eigenvalue weighted by atomic mass is 9.90. The average Bonchev–Trinajstić information content (AvgIpc) is 3.88. The molecule has 2 amide bonds. The number of cyclic esters (lactones) is 1. The second-order valence-corrected chi connectivity index (χ2v) is 16.7. The minimum atomic E-state index is -1.19. The summed E-state index contributed by atoms with van der Waals surface area (Å²) in [5.74, 6) is -1.43. The molecule has 0 bridgehead atoms. The Morgan fingerprint density at radius 1 is 0.797 bits per heavy atom. The van der Waals surface area contributed by atoms with E-state index in [-0.39, 0.29) is 45.2 Å². The maximum absolute atomic E-state index is 14.7. The first-order valence-electron chi connectivity index (χ1n) is 21.5. The molecule has 3 heterocycles. The van der Waals surface area contributed by atoms with Crippen molar-refractivity contribution < 1.29 is 57.1 Å². The van der Waals surface area contributed by atoms with Crippen LogP contribution in [0, 0.1) is 5.92 Å². The number of methoxy groups -OCH3 is 1. The monoisotopic (exact) mass is 939 g/mol. The standard InChI is InChI=1S/C50H54BrNO12/c1-33(54)62-44(39(27-35-18-9-4-10-19-35)48(55)52-38(32-61-50(52)56)26-34-16-7-3-8-17-34)42-28-40(51)41(63-42)24-15-25-58-47-46(60-31-37-22-13-6-14-23-37)45(43(29-53)64-49(47)57-2)59-30-36-20-11-5-12-21-36/h3-14,16-23,28,38-39,43-47,49,53H,15,24-27,29-32H2,1-2H3/t38-,39-,43+,44-,45+,46-,47-,49-/m0/s1. The van der Waals surface area contributed by atoms with Crippen LogP contribution in [0.2, 0.25) is 0 Å². The zero-order valence-corrected chi connectivity index (χ0v) is 37.5. The molecule has 0 saturated carbocycles. The number of ether oxygens (including phenoxy) is 7. The van der Waals surface area contributed by atoms with Gasteiger partial charge in [-0.15, -0.1) is 0 Å². The van der Waals surface area contributed by atoms with Crippen LogP contribution >= 0.6 is 15.9 Å². The van der Waals surface area contributed by atoms with Crippen LogP contribution in [-0.4, -0.2) is 91.7 Å². The molecule has 1 aromatic heterocycles. The van der Waals surface area contributed by atoms with Gasteiger partial charge in [0.15, 0.2) is 12.4 Å². The molecule has 0 unspecified atom stereocenters. The number of carbonyl (C=O) groups excluding carboxylic acids is 3. The van der Waals surface area contributed by atoms with Crippen molar-refractivity contribution >= 4 is 33.9 Å². The summed E-state index contributed by atoms with van der Waals surface area (Å²) in [6.07, 6.45) is -4.30. The molecule has 14 heteroatoms. The fourth-order valence-corrected chi connectivity index (χ4v) is 8.66. The van der Waals surface area contributed by atoms with Gasteiger partial charge >= 0.3 is 12.1 Å². The molecule has 0 spiro atoms. The van der Waals surface area contributed by atoms with Gasteiger partial charge in [-0.3, -0.25) is 9.59 Å². The van der Waals surface area contributed by atoms with Gasteiger partial charge in [0, 0.05) is 27.1 Å². The molecule has 2 aliphatic rings. The molecular formula is C50H54BrNO12. The fourth-order valence-electron chi connectivity index (χ4n) is 8.16. The Kier molecular flexibility index (Phi) is 16.9. The zero-order chi connectivity index (χ0) is 44.8. The summed E-state index contributed by atoms with van der Waals surface area (Å²) < 4.78 is 49.9. The van der Waals surface area contributed by atoms with Crippen molar-refractivity contribution in [2.24, 2.45) is 5.92 Å². The number of aliphatic hydroxyl groups excluding tert-OH is 1. The van der Waals surface area contributed by atoms with E-state index in [1.54, 1.807) is 6.07 Å². The summed E-state index contributed by atoms with van der Waals surface area (Å²) in [6.45, 7) is 1.73. The maximum Gasteiger partial charge on any atom is 0.416 e. The molecule has 13 nitrogen and oxygen atoms in total. The van der Waals surface area contributed by atoms with Crippen LogP contribution in [-0.2, 0) is 75.2 Å². The molecule has 0 radical (unpaired) electrons. The number of hydrogen-bond acceptors (Lipinski definition) is 12. The molecule has 2 saturated heterocycles. The van der Waals surface area contributed by atoms with Crippen LogP contribution in [0.15, 0.2) is 136 Å². The minimum absolute atomic E-state index is 0.0374. The van der Waals surface area contributed by atoms with Crippen LogP contribution in [0.4, 0.5) is 4.79 Å². The number of carbonyl (C=O) groups is 3. The van der Waals surface area contributed by atoms with Crippen LogP contribution < -0.4 is 0 Å². The van der Waals surface area contributed by atoms with Gasteiger partial charge in [0.1, 0.15) is 42.5 Å². The van der Waals surface area contributed by atoms with Crippen molar-refractivity contribution in [3.8, 4) is 0 Å². The first-order chi connectivity index (χ1) is 31.2. The van der Waals surface area contributed by atoms with Crippen molar-refractivity contribution in [1.29, 1.82) is 0 Å². The zero-order valence-electron chi connectivity index (χ0n) is 35.9. The van der Waals surface area contributed by atoms with E-state index in [9.17, 15) is 19.5 Å². The SMILES string of the molecule is CO[C@H]1O[C@H](CO)[C@@H](OCc2ccccc2)[C@H](OCc2ccccc2)[C@@H]1OCCCc1oc([C@@H](OC(C)=O)[C@H](Cc2ccccc2)C(=O)N2C(=O)OC[C@@H]2Cc2ccccc2)cc1Br. The van der Waals surface area contributed by atoms with Crippen LogP contribution in [0.3, 0.4) is 0 Å². The highest BCUT2D eigenvalue weighted by molar-refractivity contribution is 9.10. The van der Waals surface area contributed by atoms with E-state index in [2.05, 4.69) is 15.9 Å². The number of benzene rings is 4. The van der Waals surface area contributed by atoms with E-state index in [0.717, 1.165) is 27.2 Å². The number of esters is 1. The Hall–Kier alpha value is -5.19. The first kappa shape index (κ1) is 46.8.